The van der Waals surface area contributed by atoms with E-state index in [1.54, 1.807) is 4.68 Å². The molecule has 10 heteroatoms. The number of rotatable bonds is 4. The molecule has 30 heavy (non-hydrogen) atoms. The van der Waals surface area contributed by atoms with Crippen molar-refractivity contribution < 1.29 is 22.8 Å². The Morgan fingerprint density at radius 1 is 1.27 bits per heavy atom. The van der Waals surface area contributed by atoms with E-state index in [0.29, 0.717) is 17.9 Å². The van der Waals surface area contributed by atoms with Crippen LogP contribution >= 0.6 is 0 Å². The molecule has 0 spiro atoms. The van der Waals surface area contributed by atoms with Gasteiger partial charge in [0.05, 0.1) is 29.9 Å². The van der Waals surface area contributed by atoms with Crippen molar-refractivity contribution >= 4 is 11.9 Å². The van der Waals surface area contributed by atoms with Crippen LogP contribution in [0.1, 0.15) is 34.5 Å². The first kappa shape index (κ1) is 20.2. The molecule has 1 saturated carbocycles. The van der Waals surface area contributed by atoms with Crippen LogP contribution in [0.2, 0.25) is 0 Å². The lowest BCUT2D eigenvalue weighted by Crippen LogP contribution is -2.65. The highest BCUT2D eigenvalue weighted by Gasteiger charge is 2.58. The van der Waals surface area contributed by atoms with Gasteiger partial charge in [-0.15, -0.1) is 0 Å². The van der Waals surface area contributed by atoms with Gasteiger partial charge in [0.1, 0.15) is 12.4 Å². The van der Waals surface area contributed by atoms with Gasteiger partial charge in [-0.2, -0.15) is 5.10 Å². The number of nitrogens with zero attached hydrogens (tertiary/aromatic N) is 3. The third-order valence-electron chi connectivity index (χ3n) is 5.63. The van der Waals surface area contributed by atoms with E-state index in [1.807, 2.05) is 31.2 Å². The van der Waals surface area contributed by atoms with Gasteiger partial charge >= 0.3 is 6.03 Å². The van der Waals surface area contributed by atoms with Gasteiger partial charge in [0.2, 0.25) is 0 Å². The Balaban J connectivity index is 1.59. The van der Waals surface area contributed by atoms with Crippen LogP contribution in [0.5, 0.6) is 0 Å². The van der Waals surface area contributed by atoms with Gasteiger partial charge in [-0.3, -0.25) is 9.48 Å². The van der Waals surface area contributed by atoms with Crippen LogP contribution in [0, 0.1) is 6.92 Å². The second-order valence-corrected chi connectivity index (χ2v) is 8.10. The van der Waals surface area contributed by atoms with Crippen molar-refractivity contribution in [1.29, 1.82) is 0 Å². The Hall–Kier alpha value is -3.04. The Morgan fingerprint density at radius 3 is 2.60 bits per heavy atom. The number of carbonyl (C=O) groups is 2. The fourth-order valence-electron chi connectivity index (χ4n) is 4.20. The number of halogens is 3. The highest BCUT2D eigenvalue weighted by molar-refractivity contribution is 6.00. The molecule has 4 rings (SSSR count). The zero-order valence-electron chi connectivity index (χ0n) is 16.4. The smallest absolute Gasteiger partial charge is 0.318 e. The number of amides is 3. The number of nitrogens with one attached hydrogen (secondary N) is 1. The highest BCUT2D eigenvalue weighted by atomic mass is 19.3. The number of hydrogen-bond acceptors (Lipinski definition) is 3. The van der Waals surface area contributed by atoms with E-state index in [1.165, 1.54) is 4.90 Å². The largest absolute Gasteiger partial charge is 0.365 e. The molecule has 3 N–H and O–H groups in total. The van der Waals surface area contributed by atoms with Crippen LogP contribution in [0.3, 0.4) is 0 Å². The van der Waals surface area contributed by atoms with Gasteiger partial charge in [-0.1, -0.05) is 23.8 Å². The molecular formula is C20H22F3N5O2. The number of aromatic nitrogens is 2. The minimum atomic E-state index is -2.97. The number of fused-ring (bicyclic) bond motifs is 1. The van der Waals surface area contributed by atoms with Crippen LogP contribution < -0.4 is 11.1 Å². The maximum Gasteiger partial charge on any atom is 0.318 e. The quantitative estimate of drug-likeness (QED) is 0.795. The monoisotopic (exact) mass is 421 g/mol. The lowest BCUT2D eigenvalue weighted by Gasteiger charge is -2.46. The van der Waals surface area contributed by atoms with Gasteiger partial charge in [0, 0.05) is 24.9 Å². The molecule has 0 radical (unpaired) electrons. The van der Waals surface area contributed by atoms with E-state index in [0.717, 1.165) is 11.1 Å². The topological polar surface area (TPSA) is 93.2 Å². The van der Waals surface area contributed by atoms with Crippen LogP contribution in [-0.2, 0) is 13.1 Å². The molecule has 1 aliphatic carbocycles. The van der Waals surface area contributed by atoms with E-state index in [2.05, 4.69) is 10.4 Å². The number of nitrogens with two attached hydrogens (primary N) is 1. The molecule has 1 aliphatic heterocycles. The maximum atomic E-state index is 13.4. The van der Waals surface area contributed by atoms with Gasteiger partial charge in [-0.25, -0.2) is 18.0 Å². The molecule has 2 aliphatic rings. The summed E-state index contributed by atoms with van der Waals surface area (Å²) < 4.78 is 41.5. The summed E-state index contributed by atoms with van der Waals surface area (Å²) in [7, 11) is 0. The van der Waals surface area contributed by atoms with Gasteiger partial charge in [0.25, 0.3) is 11.8 Å². The van der Waals surface area contributed by atoms with Crippen molar-refractivity contribution in [3.8, 4) is 11.3 Å². The summed E-state index contributed by atoms with van der Waals surface area (Å²) in [6, 6.07) is 6.81. The highest BCUT2D eigenvalue weighted by Crippen LogP contribution is 2.46. The van der Waals surface area contributed by atoms with Gasteiger partial charge in [0.15, 0.2) is 0 Å². The molecule has 0 atom stereocenters. The fraction of sp³-hybridized carbons (Fsp3) is 0.450. The average molecular weight is 421 g/mol. The molecule has 0 bridgehead atoms. The summed E-state index contributed by atoms with van der Waals surface area (Å²) in [5.74, 6) is -3.64. The number of alkyl halides is 3. The zero-order chi connectivity index (χ0) is 21.7. The molecule has 0 saturated heterocycles. The van der Waals surface area contributed by atoms with E-state index < -0.39 is 42.9 Å². The molecule has 3 amide bonds. The average Bonchev–Trinajstić information content (AvgIpc) is 3.05. The molecule has 0 unspecified atom stereocenters. The van der Waals surface area contributed by atoms with Gasteiger partial charge < -0.3 is 16.0 Å². The Labute approximate surface area is 171 Å². The first-order valence-electron chi connectivity index (χ1n) is 9.60. The predicted molar refractivity (Wildman–Crippen MR) is 103 cm³/mol. The van der Waals surface area contributed by atoms with Crippen LogP contribution in [-0.4, -0.2) is 51.3 Å². The lowest BCUT2D eigenvalue weighted by atomic mass is 9.74. The SMILES string of the molecule is Cc1cccc(-c2nn3c(c2C(N)=O)CN(C(=O)NC2(CF)CC(F)(F)C2)CC3)c1. The summed E-state index contributed by atoms with van der Waals surface area (Å²) in [5, 5.41) is 6.93. The summed E-state index contributed by atoms with van der Waals surface area (Å²) in [6.45, 7) is 1.41. The Kier molecular flexibility index (Phi) is 4.74. The first-order valence-corrected chi connectivity index (χ1v) is 9.60. The molecular weight excluding hydrogens is 399 g/mol. The maximum absolute atomic E-state index is 13.4. The van der Waals surface area contributed by atoms with E-state index in [9.17, 15) is 22.8 Å². The molecule has 7 nitrogen and oxygen atoms in total. The number of primary amides is 1. The molecule has 1 aromatic carbocycles. The molecule has 2 aromatic rings. The first-order chi connectivity index (χ1) is 14.1. The minimum absolute atomic E-state index is 0.0156. The third kappa shape index (κ3) is 3.50. The van der Waals surface area contributed by atoms with E-state index >= 15 is 0 Å². The van der Waals surface area contributed by atoms with E-state index in [-0.39, 0.29) is 18.7 Å². The minimum Gasteiger partial charge on any atom is -0.365 e. The van der Waals surface area contributed by atoms with Crippen LogP contribution in [0.15, 0.2) is 24.3 Å². The van der Waals surface area contributed by atoms with Crippen molar-refractivity contribution in [3.05, 3.63) is 41.1 Å². The number of hydrogen-bond donors (Lipinski definition) is 2. The second-order valence-electron chi connectivity index (χ2n) is 8.10. The standard InChI is InChI=1S/C20H22F3N5O2/c1-12-3-2-4-13(7-12)16-15(17(24)29)14-8-27(5-6-28(14)26-16)18(30)25-19(11-21)9-20(22,23)10-19/h2-4,7H,5-6,8-11H2,1H3,(H2,24,29)(H,25,30). The number of benzene rings is 1. The summed E-state index contributed by atoms with van der Waals surface area (Å²) >= 11 is 0. The lowest BCUT2D eigenvalue weighted by molar-refractivity contribution is -0.136. The van der Waals surface area contributed by atoms with Crippen molar-refractivity contribution in [1.82, 2.24) is 20.0 Å². The van der Waals surface area contributed by atoms with Crippen molar-refractivity contribution in [2.75, 3.05) is 13.2 Å². The Morgan fingerprint density at radius 2 is 2.00 bits per heavy atom. The zero-order valence-corrected chi connectivity index (χ0v) is 16.4. The van der Waals surface area contributed by atoms with Crippen LogP contribution in [0.25, 0.3) is 11.3 Å². The molecule has 1 aromatic heterocycles. The van der Waals surface area contributed by atoms with Crippen molar-refractivity contribution in [2.24, 2.45) is 5.73 Å². The van der Waals surface area contributed by atoms with Gasteiger partial charge in [-0.05, 0) is 13.0 Å². The van der Waals surface area contributed by atoms with Crippen LogP contribution in [0.4, 0.5) is 18.0 Å². The fourth-order valence-corrected chi connectivity index (χ4v) is 4.20. The number of urea groups is 1. The summed E-state index contributed by atoms with van der Waals surface area (Å²) in [4.78, 5) is 26.2. The third-order valence-corrected chi connectivity index (χ3v) is 5.63. The Bertz CT molecular complexity index is 1010. The number of carbonyl (C=O) groups excluding carboxylic acids is 2. The molecule has 1 fully saturated rings. The number of aryl methyl sites for hydroxylation is 1. The normalized spacial score (nSPS) is 19.0. The second kappa shape index (κ2) is 7.03. The predicted octanol–water partition coefficient (Wildman–Crippen LogP) is 2.62. The van der Waals surface area contributed by atoms with Crippen molar-refractivity contribution in [2.45, 2.75) is 44.3 Å². The molecule has 2 heterocycles. The van der Waals surface area contributed by atoms with Crippen molar-refractivity contribution in [3.63, 3.8) is 0 Å². The molecule has 160 valence electrons. The van der Waals surface area contributed by atoms with E-state index in [4.69, 9.17) is 5.73 Å². The summed E-state index contributed by atoms with van der Waals surface area (Å²) in [6.07, 6.45) is -1.45. The summed E-state index contributed by atoms with van der Waals surface area (Å²) in [5.41, 5.74) is 6.91.